The SMILES string of the molecule is CCc1noc(C)c1C(=O)Nc1cc(S(C)(=O)=O)ccc1F. The third-order valence-corrected chi connectivity index (χ3v) is 4.22. The highest BCUT2D eigenvalue weighted by molar-refractivity contribution is 7.90. The van der Waals surface area contributed by atoms with E-state index in [9.17, 15) is 17.6 Å². The molecule has 1 aromatic heterocycles. The number of amides is 1. The first-order valence-electron chi connectivity index (χ1n) is 6.50. The summed E-state index contributed by atoms with van der Waals surface area (Å²) >= 11 is 0. The van der Waals surface area contributed by atoms with Crippen molar-refractivity contribution in [3.05, 3.63) is 41.0 Å². The highest BCUT2D eigenvalue weighted by atomic mass is 32.2. The number of hydrogen-bond donors (Lipinski definition) is 1. The molecular weight excluding hydrogens is 311 g/mol. The van der Waals surface area contributed by atoms with E-state index in [1.54, 1.807) is 13.8 Å². The number of anilines is 1. The van der Waals surface area contributed by atoms with Gasteiger partial charge in [-0.1, -0.05) is 12.1 Å². The molecule has 0 aliphatic heterocycles. The quantitative estimate of drug-likeness (QED) is 0.871. The molecule has 0 aliphatic rings. The molecule has 0 aliphatic carbocycles. The molecule has 0 radical (unpaired) electrons. The van der Waals surface area contributed by atoms with Gasteiger partial charge in [-0.25, -0.2) is 12.8 Å². The molecule has 1 aromatic carbocycles. The number of halogens is 1. The Labute approximate surface area is 127 Å². The van der Waals surface area contributed by atoms with Gasteiger partial charge in [-0.05, 0) is 31.5 Å². The second-order valence-corrected chi connectivity index (χ2v) is 6.80. The van der Waals surface area contributed by atoms with Gasteiger partial charge in [0.05, 0.1) is 16.3 Å². The predicted molar refractivity (Wildman–Crippen MR) is 78.1 cm³/mol. The number of aryl methyl sites for hydroxylation is 2. The van der Waals surface area contributed by atoms with Crippen molar-refractivity contribution in [2.45, 2.75) is 25.2 Å². The van der Waals surface area contributed by atoms with Gasteiger partial charge >= 0.3 is 0 Å². The highest BCUT2D eigenvalue weighted by Gasteiger charge is 2.21. The van der Waals surface area contributed by atoms with Crippen LogP contribution in [0.25, 0.3) is 0 Å². The van der Waals surface area contributed by atoms with Crippen molar-refractivity contribution in [1.29, 1.82) is 0 Å². The van der Waals surface area contributed by atoms with Gasteiger partial charge in [-0.3, -0.25) is 4.79 Å². The number of aromatic nitrogens is 1. The number of rotatable bonds is 4. The fraction of sp³-hybridized carbons (Fsp3) is 0.286. The van der Waals surface area contributed by atoms with E-state index in [2.05, 4.69) is 10.5 Å². The summed E-state index contributed by atoms with van der Waals surface area (Å²) in [5.41, 5.74) is 0.469. The van der Waals surface area contributed by atoms with E-state index in [0.29, 0.717) is 17.9 Å². The summed E-state index contributed by atoms with van der Waals surface area (Å²) in [6.07, 6.45) is 1.48. The molecule has 0 saturated heterocycles. The number of sulfone groups is 1. The molecular formula is C14H15FN2O4S. The van der Waals surface area contributed by atoms with Gasteiger partial charge in [0, 0.05) is 6.26 Å². The van der Waals surface area contributed by atoms with Crippen LogP contribution < -0.4 is 5.32 Å². The third kappa shape index (κ3) is 3.16. The lowest BCUT2D eigenvalue weighted by molar-refractivity contribution is 0.102. The highest BCUT2D eigenvalue weighted by Crippen LogP contribution is 2.22. The van der Waals surface area contributed by atoms with Crippen LogP contribution in [0.1, 0.15) is 28.7 Å². The predicted octanol–water partition coefficient (Wildman–Crippen LogP) is 2.34. The van der Waals surface area contributed by atoms with E-state index >= 15 is 0 Å². The molecule has 2 aromatic rings. The minimum atomic E-state index is -3.50. The second kappa shape index (κ2) is 5.88. The molecule has 0 fully saturated rings. The Morgan fingerprint density at radius 3 is 2.68 bits per heavy atom. The number of nitrogens with zero attached hydrogens (tertiary/aromatic N) is 1. The summed E-state index contributed by atoms with van der Waals surface area (Å²) in [7, 11) is -3.50. The van der Waals surface area contributed by atoms with Crippen molar-refractivity contribution >= 4 is 21.4 Å². The molecule has 6 nitrogen and oxygen atoms in total. The minimum Gasteiger partial charge on any atom is -0.361 e. The fourth-order valence-corrected chi connectivity index (χ4v) is 2.61. The Bertz CT molecular complexity index is 827. The number of nitrogens with one attached hydrogen (secondary N) is 1. The van der Waals surface area contributed by atoms with Gasteiger partial charge in [0.2, 0.25) is 0 Å². The Kier molecular flexibility index (Phi) is 4.32. The Hall–Kier alpha value is -2.22. The number of carbonyl (C=O) groups excluding carboxylic acids is 1. The third-order valence-electron chi connectivity index (χ3n) is 3.11. The normalized spacial score (nSPS) is 11.5. The molecule has 118 valence electrons. The zero-order valence-corrected chi connectivity index (χ0v) is 13.1. The van der Waals surface area contributed by atoms with Gasteiger partial charge in [0.25, 0.3) is 5.91 Å². The van der Waals surface area contributed by atoms with Crippen LogP contribution in [0, 0.1) is 12.7 Å². The number of carbonyl (C=O) groups is 1. The minimum absolute atomic E-state index is 0.0815. The van der Waals surface area contributed by atoms with E-state index < -0.39 is 21.6 Å². The average Bonchev–Trinajstić information content (AvgIpc) is 2.81. The smallest absolute Gasteiger partial charge is 0.261 e. The first-order valence-corrected chi connectivity index (χ1v) is 8.39. The van der Waals surface area contributed by atoms with Gasteiger partial charge in [-0.15, -0.1) is 0 Å². The molecule has 2 rings (SSSR count). The fourth-order valence-electron chi connectivity index (χ4n) is 1.97. The number of benzene rings is 1. The summed E-state index contributed by atoms with van der Waals surface area (Å²) in [4.78, 5) is 12.2. The largest absolute Gasteiger partial charge is 0.361 e. The molecule has 1 N–H and O–H groups in total. The summed E-state index contributed by atoms with van der Waals surface area (Å²) in [5, 5.41) is 6.11. The van der Waals surface area contributed by atoms with Crippen molar-refractivity contribution in [3.8, 4) is 0 Å². The monoisotopic (exact) mass is 326 g/mol. The van der Waals surface area contributed by atoms with E-state index in [1.165, 1.54) is 0 Å². The van der Waals surface area contributed by atoms with E-state index in [1.807, 2.05) is 0 Å². The van der Waals surface area contributed by atoms with Crippen LogP contribution in [-0.2, 0) is 16.3 Å². The lowest BCUT2D eigenvalue weighted by Gasteiger charge is -2.08. The molecule has 0 saturated carbocycles. The number of hydrogen-bond acceptors (Lipinski definition) is 5. The van der Waals surface area contributed by atoms with Crippen molar-refractivity contribution in [3.63, 3.8) is 0 Å². The zero-order valence-electron chi connectivity index (χ0n) is 12.3. The van der Waals surface area contributed by atoms with Gasteiger partial charge < -0.3 is 9.84 Å². The van der Waals surface area contributed by atoms with E-state index in [-0.39, 0.29) is 16.1 Å². The molecule has 0 atom stereocenters. The van der Waals surface area contributed by atoms with Gasteiger partial charge in [0.1, 0.15) is 17.1 Å². The molecule has 22 heavy (non-hydrogen) atoms. The van der Waals surface area contributed by atoms with Crippen LogP contribution in [0.5, 0.6) is 0 Å². The van der Waals surface area contributed by atoms with Crippen molar-refractivity contribution in [1.82, 2.24) is 5.16 Å². The van der Waals surface area contributed by atoms with Crippen LogP contribution in [0.4, 0.5) is 10.1 Å². The van der Waals surface area contributed by atoms with Crippen LogP contribution in [0.3, 0.4) is 0 Å². The molecule has 1 heterocycles. The average molecular weight is 326 g/mol. The van der Waals surface area contributed by atoms with Crippen LogP contribution in [0.2, 0.25) is 0 Å². The van der Waals surface area contributed by atoms with Gasteiger partial charge in [-0.2, -0.15) is 0 Å². The Morgan fingerprint density at radius 1 is 1.41 bits per heavy atom. The lowest BCUT2D eigenvalue weighted by atomic mass is 10.1. The lowest BCUT2D eigenvalue weighted by Crippen LogP contribution is -2.15. The molecule has 0 unspecified atom stereocenters. The maximum absolute atomic E-state index is 13.8. The van der Waals surface area contributed by atoms with Crippen molar-refractivity contribution in [2.24, 2.45) is 0 Å². The summed E-state index contributed by atoms with van der Waals surface area (Å²) in [5.74, 6) is -1.01. The Balaban J connectivity index is 2.38. The first kappa shape index (κ1) is 16.2. The molecule has 1 amide bonds. The molecule has 0 spiro atoms. The van der Waals surface area contributed by atoms with E-state index in [4.69, 9.17) is 4.52 Å². The zero-order chi connectivity index (χ0) is 16.5. The van der Waals surface area contributed by atoms with E-state index in [0.717, 1.165) is 24.5 Å². The van der Waals surface area contributed by atoms with Crippen LogP contribution in [-0.4, -0.2) is 25.7 Å². The second-order valence-electron chi connectivity index (χ2n) is 4.78. The standard InChI is InChI=1S/C14H15FN2O4S/c1-4-11-13(8(2)21-17-11)14(18)16-12-7-9(22(3,19)20)5-6-10(12)15/h5-7H,4H2,1-3H3,(H,16,18). The maximum atomic E-state index is 13.8. The van der Waals surface area contributed by atoms with Crippen molar-refractivity contribution in [2.75, 3.05) is 11.6 Å². The summed E-state index contributed by atoms with van der Waals surface area (Å²) < 4.78 is 41.8. The first-order chi connectivity index (χ1) is 10.2. The molecule has 8 heteroatoms. The summed E-state index contributed by atoms with van der Waals surface area (Å²) in [6.45, 7) is 3.38. The van der Waals surface area contributed by atoms with Crippen LogP contribution >= 0.6 is 0 Å². The van der Waals surface area contributed by atoms with Crippen molar-refractivity contribution < 1.29 is 22.1 Å². The molecule has 0 bridgehead atoms. The maximum Gasteiger partial charge on any atom is 0.261 e. The summed E-state index contributed by atoms with van der Waals surface area (Å²) in [6, 6.07) is 3.21. The Morgan fingerprint density at radius 2 is 2.09 bits per heavy atom. The van der Waals surface area contributed by atoms with Crippen LogP contribution in [0.15, 0.2) is 27.6 Å². The van der Waals surface area contributed by atoms with Gasteiger partial charge in [0.15, 0.2) is 9.84 Å². The topological polar surface area (TPSA) is 89.3 Å².